The molecule has 1 aliphatic heterocycles. The van der Waals surface area contributed by atoms with E-state index in [2.05, 4.69) is 46.4 Å². The molecule has 106 valence electrons. The van der Waals surface area contributed by atoms with Crippen molar-refractivity contribution in [1.29, 1.82) is 0 Å². The van der Waals surface area contributed by atoms with Crippen LogP contribution in [0.2, 0.25) is 5.02 Å². The average Bonchev–Trinajstić information content (AvgIpc) is 3.02. The van der Waals surface area contributed by atoms with Crippen molar-refractivity contribution in [2.24, 2.45) is 0 Å². The molecule has 1 unspecified atom stereocenters. The van der Waals surface area contributed by atoms with Crippen LogP contribution in [0.25, 0.3) is 0 Å². The van der Waals surface area contributed by atoms with Crippen LogP contribution in [0, 0.1) is 0 Å². The molecule has 1 aromatic heterocycles. The number of thiophene rings is 1. The quantitative estimate of drug-likeness (QED) is 0.824. The second-order valence-corrected chi connectivity index (χ2v) is 7.59. The topological polar surface area (TPSA) is 21.3 Å². The molecular formula is C15H15BrClNOS. The first-order chi connectivity index (χ1) is 9.69. The first kappa shape index (κ1) is 14.5. The van der Waals surface area contributed by atoms with Crippen molar-refractivity contribution in [1.82, 2.24) is 5.32 Å². The maximum absolute atomic E-state index is 6.17. The lowest BCUT2D eigenvalue weighted by Gasteiger charge is -2.17. The van der Waals surface area contributed by atoms with Gasteiger partial charge in [-0.1, -0.05) is 36.7 Å². The van der Waals surface area contributed by atoms with E-state index in [4.69, 9.17) is 16.3 Å². The Morgan fingerprint density at radius 2 is 2.15 bits per heavy atom. The first-order valence-electron chi connectivity index (χ1n) is 6.56. The van der Waals surface area contributed by atoms with Gasteiger partial charge in [-0.05, 0) is 45.2 Å². The Kier molecular flexibility index (Phi) is 4.48. The molecule has 1 aliphatic rings. The summed E-state index contributed by atoms with van der Waals surface area (Å²) in [7, 11) is 0. The lowest BCUT2D eigenvalue weighted by molar-refractivity contribution is 0.134. The summed E-state index contributed by atoms with van der Waals surface area (Å²) in [6.45, 7) is 4.48. The fourth-order valence-corrected chi connectivity index (χ4v) is 4.31. The fraction of sp³-hybridized carbons (Fsp3) is 0.333. The number of halogens is 2. The Balaban J connectivity index is 1.98. The Labute approximate surface area is 136 Å². The first-order valence-corrected chi connectivity index (χ1v) is 8.55. The van der Waals surface area contributed by atoms with Gasteiger partial charge < -0.3 is 10.1 Å². The molecule has 1 aromatic carbocycles. The smallest absolute Gasteiger partial charge is 0.0888 e. The lowest BCUT2D eigenvalue weighted by atomic mass is 10.00. The number of nitrogens with one attached hydrogen (secondary N) is 1. The molecular weight excluding hydrogens is 358 g/mol. The molecule has 0 fully saturated rings. The van der Waals surface area contributed by atoms with E-state index < -0.39 is 0 Å². The third kappa shape index (κ3) is 2.81. The van der Waals surface area contributed by atoms with Crippen LogP contribution in [-0.4, -0.2) is 6.54 Å². The molecule has 0 saturated heterocycles. The summed E-state index contributed by atoms with van der Waals surface area (Å²) < 4.78 is 6.48. The third-order valence-corrected chi connectivity index (χ3v) is 5.98. The number of benzene rings is 1. The Bertz CT molecular complexity index is 609. The monoisotopic (exact) mass is 371 g/mol. The standard InChI is InChI=1S/C15H15BrClNOS/c1-2-18-14(13-6-12(17)15(16)20-13)9-3-4-10-7-19-8-11(10)5-9/h3-6,14,18H,2,7-8H2,1H3. The maximum Gasteiger partial charge on any atom is 0.0888 e. The lowest BCUT2D eigenvalue weighted by Crippen LogP contribution is -2.21. The van der Waals surface area contributed by atoms with Crippen LogP contribution >= 0.6 is 38.9 Å². The minimum atomic E-state index is 0.180. The number of rotatable bonds is 4. The molecule has 0 spiro atoms. The van der Waals surface area contributed by atoms with Crippen LogP contribution in [0.15, 0.2) is 28.1 Å². The largest absolute Gasteiger partial charge is 0.372 e. The molecule has 1 atom stereocenters. The van der Waals surface area contributed by atoms with Crippen molar-refractivity contribution in [3.8, 4) is 0 Å². The fourth-order valence-electron chi connectivity index (χ4n) is 2.46. The van der Waals surface area contributed by atoms with Crippen LogP contribution in [0.4, 0.5) is 0 Å². The second-order valence-electron chi connectivity index (χ2n) is 4.78. The Hall–Kier alpha value is -0.390. The molecule has 2 aromatic rings. The molecule has 0 radical (unpaired) electrons. The van der Waals surface area contributed by atoms with E-state index in [0.29, 0.717) is 0 Å². The molecule has 0 bridgehead atoms. The van der Waals surface area contributed by atoms with Gasteiger partial charge in [0.15, 0.2) is 0 Å². The second kappa shape index (κ2) is 6.16. The summed E-state index contributed by atoms with van der Waals surface area (Å²) in [5.41, 5.74) is 3.86. The molecule has 20 heavy (non-hydrogen) atoms. The van der Waals surface area contributed by atoms with Crippen molar-refractivity contribution in [3.63, 3.8) is 0 Å². The number of hydrogen-bond acceptors (Lipinski definition) is 3. The maximum atomic E-state index is 6.17. The zero-order chi connectivity index (χ0) is 14.1. The molecule has 0 aliphatic carbocycles. The number of fused-ring (bicyclic) bond motifs is 1. The van der Waals surface area contributed by atoms with Crippen LogP contribution in [0.3, 0.4) is 0 Å². The van der Waals surface area contributed by atoms with Gasteiger partial charge in [-0.15, -0.1) is 11.3 Å². The van der Waals surface area contributed by atoms with Gasteiger partial charge in [0.05, 0.1) is 28.1 Å². The highest BCUT2D eigenvalue weighted by atomic mass is 79.9. The molecule has 1 N–H and O–H groups in total. The van der Waals surface area contributed by atoms with Crippen molar-refractivity contribution in [3.05, 3.63) is 54.6 Å². The van der Waals surface area contributed by atoms with E-state index in [9.17, 15) is 0 Å². The average molecular weight is 373 g/mol. The summed E-state index contributed by atoms with van der Waals surface area (Å²) in [4.78, 5) is 1.22. The molecule has 2 heterocycles. The van der Waals surface area contributed by atoms with E-state index in [1.54, 1.807) is 11.3 Å². The van der Waals surface area contributed by atoms with Crippen molar-refractivity contribution in [2.45, 2.75) is 26.2 Å². The van der Waals surface area contributed by atoms with Gasteiger partial charge in [0.1, 0.15) is 0 Å². The van der Waals surface area contributed by atoms with Crippen LogP contribution in [-0.2, 0) is 18.0 Å². The van der Waals surface area contributed by atoms with Gasteiger partial charge in [0.25, 0.3) is 0 Å². The van der Waals surface area contributed by atoms with Gasteiger partial charge in [-0.3, -0.25) is 0 Å². The Morgan fingerprint density at radius 1 is 1.35 bits per heavy atom. The van der Waals surface area contributed by atoms with Gasteiger partial charge in [0.2, 0.25) is 0 Å². The van der Waals surface area contributed by atoms with E-state index in [-0.39, 0.29) is 6.04 Å². The van der Waals surface area contributed by atoms with Gasteiger partial charge in [-0.2, -0.15) is 0 Å². The number of hydrogen-bond donors (Lipinski definition) is 1. The molecule has 3 rings (SSSR count). The predicted molar refractivity (Wildman–Crippen MR) is 87.5 cm³/mol. The molecule has 2 nitrogen and oxygen atoms in total. The third-order valence-electron chi connectivity index (χ3n) is 3.44. The normalized spacial score (nSPS) is 15.3. The zero-order valence-corrected chi connectivity index (χ0v) is 14.2. The Morgan fingerprint density at radius 3 is 2.85 bits per heavy atom. The molecule has 5 heteroatoms. The minimum Gasteiger partial charge on any atom is -0.372 e. The number of ether oxygens (including phenoxy) is 1. The minimum absolute atomic E-state index is 0.180. The summed E-state index contributed by atoms with van der Waals surface area (Å²) in [6.07, 6.45) is 0. The highest BCUT2D eigenvalue weighted by Gasteiger charge is 2.20. The molecule has 0 saturated carbocycles. The van der Waals surface area contributed by atoms with Gasteiger partial charge in [-0.25, -0.2) is 0 Å². The van der Waals surface area contributed by atoms with Crippen LogP contribution in [0.1, 0.15) is 34.5 Å². The highest BCUT2D eigenvalue weighted by Crippen LogP contribution is 2.38. The zero-order valence-electron chi connectivity index (χ0n) is 11.1. The summed E-state index contributed by atoms with van der Waals surface area (Å²) in [6, 6.07) is 8.82. The summed E-state index contributed by atoms with van der Waals surface area (Å²) in [5.74, 6) is 0. The SMILES string of the molecule is CCNC(c1ccc2c(c1)COC2)c1cc(Cl)c(Br)s1. The van der Waals surface area contributed by atoms with Crippen molar-refractivity contribution >= 4 is 38.9 Å². The predicted octanol–water partition coefficient (Wildman–Crippen LogP) is 4.89. The van der Waals surface area contributed by atoms with Gasteiger partial charge in [0, 0.05) is 4.88 Å². The molecule has 0 amide bonds. The van der Waals surface area contributed by atoms with Crippen LogP contribution in [0.5, 0.6) is 0 Å². The van der Waals surface area contributed by atoms with E-state index in [1.807, 2.05) is 6.07 Å². The van der Waals surface area contributed by atoms with E-state index in [0.717, 1.165) is 28.6 Å². The highest BCUT2D eigenvalue weighted by molar-refractivity contribution is 9.11. The van der Waals surface area contributed by atoms with Crippen molar-refractivity contribution in [2.75, 3.05) is 6.54 Å². The van der Waals surface area contributed by atoms with E-state index >= 15 is 0 Å². The summed E-state index contributed by atoms with van der Waals surface area (Å²) in [5, 5.41) is 4.31. The van der Waals surface area contributed by atoms with Crippen molar-refractivity contribution < 1.29 is 4.74 Å². The van der Waals surface area contributed by atoms with Crippen LogP contribution < -0.4 is 5.32 Å². The summed E-state index contributed by atoms with van der Waals surface area (Å²) >= 11 is 11.3. The van der Waals surface area contributed by atoms with Gasteiger partial charge >= 0.3 is 0 Å². The van der Waals surface area contributed by atoms with E-state index in [1.165, 1.54) is 21.6 Å².